The summed E-state index contributed by atoms with van der Waals surface area (Å²) in [6, 6.07) is 18.5. The summed E-state index contributed by atoms with van der Waals surface area (Å²) in [6.07, 6.45) is 3.50. The topological polar surface area (TPSA) is 66.9 Å². The minimum Gasteiger partial charge on any atom is -0.334 e. The van der Waals surface area contributed by atoms with E-state index in [9.17, 15) is 4.79 Å². The monoisotopic (exact) mass is 364 g/mol. The Morgan fingerprint density at radius 3 is 2.38 bits per heavy atom. The third-order valence-electron chi connectivity index (χ3n) is 4.54. The Morgan fingerprint density at radius 1 is 0.962 bits per heavy atom. The number of amides is 2. The number of nitrogens with zero attached hydrogens (tertiary/aromatic N) is 2. The lowest BCUT2D eigenvalue weighted by atomic mass is 10.1. The van der Waals surface area contributed by atoms with Crippen molar-refractivity contribution in [2.24, 2.45) is 0 Å². The zero-order valence-electron chi connectivity index (χ0n) is 14.3. The van der Waals surface area contributed by atoms with E-state index in [1.807, 2.05) is 30.3 Å². The minimum absolute atomic E-state index is 0.137. The third kappa shape index (κ3) is 4.08. The maximum atomic E-state index is 12.2. The van der Waals surface area contributed by atoms with E-state index in [2.05, 4.69) is 45.1 Å². The molecular weight excluding hydrogens is 344 g/mol. The lowest BCUT2D eigenvalue weighted by Crippen LogP contribution is -2.38. The lowest BCUT2D eigenvalue weighted by molar-refractivity contribution is 0.249. The molecule has 6 heteroatoms. The normalized spacial score (nSPS) is 13.4. The summed E-state index contributed by atoms with van der Waals surface area (Å²) in [5.74, 6) is 0. The molecule has 132 valence electrons. The number of fused-ring (bicyclic) bond motifs is 1. The van der Waals surface area contributed by atoms with Crippen molar-refractivity contribution in [2.45, 2.75) is 31.7 Å². The predicted molar refractivity (Wildman–Crippen MR) is 104 cm³/mol. The van der Waals surface area contributed by atoms with Crippen molar-refractivity contribution in [1.82, 2.24) is 15.5 Å². The first kappa shape index (κ1) is 16.7. The molecule has 26 heavy (non-hydrogen) atoms. The number of benzene rings is 2. The van der Waals surface area contributed by atoms with Gasteiger partial charge in [0.15, 0.2) is 0 Å². The maximum absolute atomic E-state index is 12.2. The minimum atomic E-state index is -0.214. The lowest BCUT2D eigenvalue weighted by Gasteiger charge is -2.11. The first-order valence-corrected chi connectivity index (χ1v) is 9.58. The molecule has 0 fully saturated rings. The molecule has 0 unspecified atom stereocenters. The Morgan fingerprint density at radius 2 is 1.65 bits per heavy atom. The maximum Gasteiger partial charge on any atom is 0.321 e. The molecule has 2 aromatic carbocycles. The molecule has 2 amide bonds. The summed E-state index contributed by atoms with van der Waals surface area (Å²) < 4.78 is 0. The number of aromatic nitrogens is 2. The SMILES string of the molecule is O=C(Nc1nnc(CCc2ccccc2)s1)NC1Cc2ccccc2C1. The molecule has 0 bridgehead atoms. The van der Waals surface area contributed by atoms with E-state index < -0.39 is 0 Å². The highest BCUT2D eigenvalue weighted by Crippen LogP contribution is 2.22. The predicted octanol–water partition coefficient (Wildman–Crippen LogP) is 3.61. The molecule has 0 radical (unpaired) electrons. The number of aryl methyl sites for hydroxylation is 2. The fourth-order valence-electron chi connectivity index (χ4n) is 3.28. The highest BCUT2D eigenvalue weighted by molar-refractivity contribution is 7.15. The molecule has 0 spiro atoms. The van der Waals surface area contributed by atoms with Gasteiger partial charge in [-0.2, -0.15) is 0 Å². The summed E-state index contributed by atoms with van der Waals surface area (Å²) in [4.78, 5) is 12.2. The molecule has 3 aromatic rings. The molecule has 0 atom stereocenters. The summed E-state index contributed by atoms with van der Waals surface area (Å²) in [5.41, 5.74) is 3.91. The van der Waals surface area contributed by atoms with Gasteiger partial charge in [-0.1, -0.05) is 65.9 Å². The molecule has 1 aliphatic rings. The van der Waals surface area contributed by atoms with Crippen molar-refractivity contribution in [3.63, 3.8) is 0 Å². The van der Waals surface area contributed by atoms with Crippen LogP contribution in [0.3, 0.4) is 0 Å². The second kappa shape index (κ2) is 7.66. The average Bonchev–Trinajstić information content (AvgIpc) is 3.26. The molecule has 2 N–H and O–H groups in total. The summed E-state index contributed by atoms with van der Waals surface area (Å²) in [5, 5.41) is 15.6. The van der Waals surface area contributed by atoms with Crippen LogP contribution in [0.25, 0.3) is 0 Å². The molecule has 1 aliphatic carbocycles. The summed E-state index contributed by atoms with van der Waals surface area (Å²) in [7, 11) is 0. The fraction of sp³-hybridized carbons (Fsp3) is 0.250. The zero-order valence-corrected chi connectivity index (χ0v) is 15.1. The largest absolute Gasteiger partial charge is 0.334 e. The number of carbonyl (C=O) groups is 1. The van der Waals surface area contributed by atoms with Gasteiger partial charge in [0.2, 0.25) is 5.13 Å². The van der Waals surface area contributed by atoms with Crippen LogP contribution >= 0.6 is 11.3 Å². The highest BCUT2D eigenvalue weighted by atomic mass is 32.1. The van der Waals surface area contributed by atoms with Gasteiger partial charge in [0.05, 0.1) is 0 Å². The number of carbonyl (C=O) groups excluding carboxylic acids is 1. The fourth-order valence-corrected chi connectivity index (χ4v) is 4.01. The quantitative estimate of drug-likeness (QED) is 0.727. The van der Waals surface area contributed by atoms with E-state index in [1.165, 1.54) is 28.0 Å². The van der Waals surface area contributed by atoms with Crippen molar-refractivity contribution in [3.8, 4) is 0 Å². The van der Waals surface area contributed by atoms with Gasteiger partial charge in [-0.25, -0.2) is 4.79 Å². The Kier molecular flexibility index (Phi) is 4.93. The molecule has 1 aromatic heterocycles. The van der Waals surface area contributed by atoms with E-state index in [0.717, 1.165) is 30.7 Å². The second-order valence-electron chi connectivity index (χ2n) is 6.46. The molecule has 0 saturated heterocycles. The van der Waals surface area contributed by atoms with Gasteiger partial charge in [0, 0.05) is 12.5 Å². The Bertz CT molecular complexity index is 869. The summed E-state index contributed by atoms with van der Waals surface area (Å²) >= 11 is 1.43. The zero-order chi connectivity index (χ0) is 17.8. The van der Waals surface area contributed by atoms with E-state index in [4.69, 9.17) is 0 Å². The van der Waals surface area contributed by atoms with E-state index in [-0.39, 0.29) is 12.1 Å². The van der Waals surface area contributed by atoms with Crippen LogP contribution < -0.4 is 10.6 Å². The van der Waals surface area contributed by atoms with Crippen LogP contribution in [0, 0.1) is 0 Å². The molecule has 4 rings (SSSR count). The number of anilines is 1. The van der Waals surface area contributed by atoms with Gasteiger partial charge in [-0.15, -0.1) is 10.2 Å². The molecule has 0 aliphatic heterocycles. The number of urea groups is 1. The standard InChI is InChI=1S/C20H20N4OS/c25-19(21-17-12-15-8-4-5-9-16(15)13-17)22-20-24-23-18(26-20)11-10-14-6-2-1-3-7-14/h1-9,17H,10-13H2,(H2,21,22,24,25). The van der Waals surface area contributed by atoms with Gasteiger partial charge in [0.1, 0.15) is 5.01 Å². The smallest absolute Gasteiger partial charge is 0.321 e. The van der Waals surface area contributed by atoms with Gasteiger partial charge in [-0.05, 0) is 36.0 Å². The average molecular weight is 364 g/mol. The van der Waals surface area contributed by atoms with Crippen molar-refractivity contribution >= 4 is 22.5 Å². The van der Waals surface area contributed by atoms with E-state index in [1.54, 1.807) is 0 Å². The van der Waals surface area contributed by atoms with E-state index >= 15 is 0 Å². The number of hydrogen-bond donors (Lipinski definition) is 2. The van der Waals surface area contributed by atoms with Crippen LogP contribution in [0.5, 0.6) is 0 Å². The van der Waals surface area contributed by atoms with Crippen LogP contribution in [-0.4, -0.2) is 22.3 Å². The van der Waals surface area contributed by atoms with Crippen molar-refractivity contribution in [1.29, 1.82) is 0 Å². The second-order valence-corrected chi connectivity index (χ2v) is 7.52. The molecular formula is C20H20N4OS. The van der Waals surface area contributed by atoms with Crippen LogP contribution in [0.1, 0.15) is 21.7 Å². The van der Waals surface area contributed by atoms with Crippen LogP contribution in [0.4, 0.5) is 9.93 Å². The highest BCUT2D eigenvalue weighted by Gasteiger charge is 2.22. The molecule has 1 heterocycles. The van der Waals surface area contributed by atoms with Crippen molar-refractivity contribution < 1.29 is 4.79 Å². The van der Waals surface area contributed by atoms with Gasteiger partial charge < -0.3 is 5.32 Å². The molecule has 5 nitrogen and oxygen atoms in total. The first-order chi connectivity index (χ1) is 12.8. The number of hydrogen-bond acceptors (Lipinski definition) is 4. The number of rotatable bonds is 5. The van der Waals surface area contributed by atoms with Gasteiger partial charge >= 0.3 is 6.03 Å². The van der Waals surface area contributed by atoms with Crippen molar-refractivity contribution in [3.05, 3.63) is 76.3 Å². The van der Waals surface area contributed by atoms with E-state index in [0.29, 0.717) is 5.13 Å². The van der Waals surface area contributed by atoms with Gasteiger partial charge in [0.25, 0.3) is 0 Å². The van der Waals surface area contributed by atoms with Crippen LogP contribution in [0.2, 0.25) is 0 Å². The Hall–Kier alpha value is -2.73. The van der Waals surface area contributed by atoms with Crippen LogP contribution in [-0.2, 0) is 25.7 Å². The van der Waals surface area contributed by atoms with Gasteiger partial charge in [-0.3, -0.25) is 5.32 Å². The Labute approximate surface area is 156 Å². The molecule has 0 saturated carbocycles. The summed E-state index contributed by atoms with van der Waals surface area (Å²) in [6.45, 7) is 0. The Balaban J connectivity index is 1.27. The third-order valence-corrected chi connectivity index (χ3v) is 5.44. The van der Waals surface area contributed by atoms with Crippen LogP contribution in [0.15, 0.2) is 54.6 Å². The van der Waals surface area contributed by atoms with Crippen molar-refractivity contribution in [2.75, 3.05) is 5.32 Å². The number of nitrogens with one attached hydrogen (secondary N) is 2. The first-order valence-electron chi connectivity index (χ1n) is 8.77.